The van der Waals surface area contributed by atoms with Crippen molar-refractivity contribution in [3.63, 3.8) is 0 Å². The van der Waals surface area contributed by atoms with E-state index in [0.717, 1.165) is 12.1 Å². The molecule has 3 rings (SSSR count). The van der Waals surface area contributed by atoms with Crippen molar-refractivity contribution in [2.75, 3.05) is 0 Å². The predicted octanol–water partition coefficient (Wildman–Crippen LogP) is 2.80. The van der Waals surface area contributed by atoms with E-state index in [2.05, 4.69) is 9.97 Å². The summed E-state index contributed by atoms with van der Waals surface area (Å²) in [7, 11) is 0. The lowest BCUT2D eigenvalue weighted by atomic mass is 10.1. The fourth-order valence-electron chi connectivity index (χ4n) is 2.29. The van der Waals surface area contributed by atoms with Crippen molar-refractivity contribution in [2.45, 2.75) is 0 Å². The maximum absolute atomic E-state index is 12.1. The molecule has 2 aromatic carbocycles. The third kappa shape index (κ3) is 3.24. The van der Waals surface area contributed by atoms with Crippen LogP contribution in [0.1, 0.15) is 11.3 Å². The second-order valence-electron chi connectivity index (χ2n) is 5.25. The summed E-state index contributed by atoms with van der Waals surface area (Å²) in [5, 5.41) is 31.7. The molecule has 130 valence electrons. The number of hydrogen-bond acceptors (Lipinski definition) is 7. The van der Waals surface area contributed by atoms with Gasteiger partial charge in [-0.25, -0.2) is 4.98 Å². The molecule has 0 unspecified atom stereocenters. The quantitative estimate of drug-likeness (QED) is 0.415. The zero-order chi connectivity index (χ0) is 18.8. The number of nitrogens with one attached hydrogen (secondary N) is 1. The lowest BCUT2D eigenvalue weighted by molar-refractivity contribution is -0.385. The first-order chi connectivity index (χ1) is 12.3. The Bertz CT molecular complexity index is 1140. The number of hydrogen-bond donors (Lipinski definition) is 2. The molecule has 26 heavy (non-hydrogen) atoms. The van der Waals surface area contributed by atoms with E-state index in [1.807, 2.05) is 0 Å². The summed E-state index contributed by atoms with van der Waals surface area (Å²) in [4.78, 5) is 39.0. The zero-order valence-corrected chi connectivity index (χ0v) is 12.9. The molecule has 0 atom stereocenters. The highest BCUT2D eigenvalue weighted by molar-refractivity contribution is 5.80. The van der Waals surface area contributed by atoms with Gasteiger partial charge in [0, 0.05) is 35.9 Å². The summed E-state index contributed by atoms with van der Waals surface area (Å²) < 4.78 is 0. The van der Waals surface area contributed by atoms with Gasteiger partial charge >= 0.3 is 0 Å². The molecule has 0 saturated heterocycles. The topological polar surface area (TPSA) is 152 Å². The number of nitro groups is 2. The first kappa shape index (κ1) is 16.8. The molecule has 10 nitrogen and oxygen atoms in total. The summed E-state index contributed by atoms with van der Waals surface area (Å²) >= 11 is 0. The summed E-state index contributed by atoms with van der Waals surface area (Å²) in [6.07, 6.45) is 1.07. The van der Waals surface area contributed by atoms with Crippen LogP contribution in [0, 0.1) is 20.2 Å². The molecule has 0 aliphatic carbocycles. The first-order valence-corrected chi connectivity index (χ1v) is 7.19. The molecule has 1 heterocycles. The van der Waals surface area contributed by atoms with Crippen molar-refractivity contribution in [1.82, 2.24) is 9.97 Å². The minimum atomic E-state index is -0.671. The summed E-state index contributed by atoms with van der Waals surface area (Å²) in [5.41, 5.74) is -0.619. The van der Waals surface area contributed by atoms with E-state index >= 15 is 0 Å². The minimum Gasteiger partial charge on any atom is -0.507 e. The normalized spacial score (nSPS) is 11.5. The van der Waals surface area contributed by atoms with Gasteiger partial charge in [-0.1, -0.05) is 12.1 Å². The van der Waals surface area contributed by atoms with Crippen LogP contribution in [0.25, 0.3) is 22.9 Å². The van der Waals surface area contributed by atoms with Crippen LogP contribution in [0.3, 0.4) is 0 Å². The van der Waals surface area contributed by atoms with E-state index in [1.165, 1.54) is 36.4 Å². The van der Waals surface area contributed by atoms with Gasteiger partial charge in [-0.05, 0) is 6.07 Å². The second kappa shape index (κ2) is 6.43. The van der Waals surface area contributed by atoms with E-state index in [4.69, 9.17) is 0 Å². The zero-order valence-electron chi connectivity index (χ0n) is 12.9. The van der Waals surface area contributed by atoms with Crippen molar-refractivity contribution in [3.05, 3.63) is 84.3 Å². The fraction of sp³-hybridized carbons (Fsp3) is 0. The monoisotopic (exact) mass is 354 g/mol. The van der Waals surface area contributed by atoms with Crippen molar-refractivity contribution >= 4 is 34.2 Å². The summed E-state index contributed by atoms with van der Waals surface area (Å²) in [6, 6.07) is 9.05. The molecule has 3 aromatic rings. The van der Waals surface area contributed by atoms with Crippen molar-refractivity contribution in [3.8, 4) is 0 Å². The molecule has 0 aliphatic heterocycles. The van der Waals surface area contributed by atoms with Gasteiger partial charge in [0.05, 0.1) is 20.9 Å². The Morgan fingerprint density at radius 2 is 1.77 bits per heavy atom. The Hall–Kier alpha value is -4.08. The van der Waals surface area contributed by atoms with Gasteiger partial charge < -0.3 is 10.1 Å². The number of nitro benzene ring substituents is 2. The molecule has 10 heteroatoms. The Balaban J connectivity index is 2.06. The van der Waals surface area contributed by atoms with Crippen molar-refractivity contribution < 1.29 is 15.0 Å². The molecule has 0 spiro atoms. The van der Waals surface area contributed by atoms with Gasteiger partial charge in [-0.3, -0.25) is 25.0 Å². The highest BCUT2D eigenvalue weighted by Crippen LogP contribution is 2.21. The molecule has 0 fully saturated rings. The van der Waals surface area contributed by atoms with Gasteiger partial charge in [0.2, 0.25) is 0 Å². The smallest absolute Gasteiger partial charge is 0.274 e. The number of aromatic nitrogens is 2. The van der Waals surface area contributed by atoms with E-state index in [1.54, 1.807) is 0 Å². The Morgan fingerprint density at radius 1 is 1.08 bits per heavy atom. The average molecular weight is 354 g/mol. The molecule has 2 N–H and O–H groups in total. The number of aromatic amines is 1. The fourth-order valence-corrected chi connectivity index (χ4v) is 2.29. The van der Waals surface area contributed by atoms with Crippen molar-refractivity contribution in [2.24, 2.45) is 0 Å². The Kier molecular flexibility index (Phi) is 4.15. The molecule has 1 aromatic heterocycles. The maximum atomic E-state index is 12.1. The number of nitrogens with zero attached hydrogens (tertiary/aromatic N) is 3. The van der Waals surface area contributed by atoms with Crippen LogP contribution in [0.4, 0.5) is 11.4 Å². The van der Waals surface area contributed by atoms with E-state index in [-0.39, 0.29) is 39.4 Å². The first-order valence-electron chi connectivity index (χ1n) is 7.19. The van der Waals surface area contributed by atoms with Crippen LogP contribution < -0.4 is 5.56 Å². The van der Waals surface area contributed by atoms with Gasteiger partial charge in [-0.2, -0.15) is 0 Å². The van der Waals surface area contributed by atoms with Gasteiger partial charge in [0.1, 0.15) is 11.5 Å². The maximum Gasteiger partial charge on any atom is 0.274 e. The number of aliphatic hydroxyl groups excluding tert-OH is 1. The summed E-state index contributed by atoms with van der Waals surface area (Å²) in [5.74, 6) is -0.382. The molecule has 0 bridgehead atoms. The second-order valence-corrected chi connectivity index (χ2v) is 5.25. The molecule has 0 saturated carbocycles. The van der Waals surface area contributed by atoms with Crippen LogP contribution in [-0.2, 0) is 0 Å². The number of non-ortho nitro benzene ring substituents is 2. The number of rotatable bonds is 4. The SMILES string of the molecule is O=c1[nH]c2cc([N+](=O)[O-])ccc2nc1C=C(O)c1cccc([N+](=O)[O-])c1. The lowest BCUT2D eigenvalue weighted by Crippen LogP contribution is -2.12. The third-order valence-corrected chi connectivity index (χ3v) is 3.54. The minimum absolute atomic E-state index is 0.143. The van der Waals surface area contributed by atoms with E-state index < -0.39 is 15.4 Å². The molecular weight excluding hydrogens is 344 g/mol. The van der Waals surface area contributed by atoms with Crippen molar-refractivity contribution in [1.29, 1.82) is 0 Å². The van der Waals surface area contributed by atoms with Crippen LogP contribution in [0.15, 0.2) is 47.3 Å². The van der Waals surface area contributed by atoms with Gasteiger partial charge in [-0.15, -0.1) is 0 Å². The molecule has 0 aliphatic rings. The van der Waals surface area contributed by atoms with E-state index in [9.17, 15) is 30.1 Å². The molecule has 0 radical (unpaired) electrons. The van der Waals surface area contributed by atoms with Crippen LogP contribution >= 0.6 is 0 Å². The third-order valence-electron chi connectivity index (χ3n) is 3.54. The Morgan fingerprint density at radius 3 is 2.46 bits per heavy atom. The standard InChI is InChI=1S/C16H10N4O6/c21-15(9-2-1-3-10(6-9)19(23)24)8-14-16(22)18-13-7-11(20(25)26)4-5-12(13)17-14/h1-8,21H,(H,18,22). The van der Waals surface area contributed by atoms with Crippen LogP contribution in [0.5, 0.6) is 0 Å². The van der Waals surface area contributed by atoms with Gasteiger partial charge in [0.15, 0.2) is 0 Å². The average Bonchev–Trinajstić information content (AvgIpc) is 2.61. The number of benzene rings is 2. The van der Waals surface area contributed by atoms with E-state index in [0.29, 0.717) is 0 Å². The highest BCUT2D eigenvalue weighted by atomic mass is 16.6. The number of aliphatic hydroxyl groups is 1. The Labute approximate surface area is 144 Å². The van der Waals surface area contributed by atoms with Crippen LogP contribution in [-0.4, -0.2) is 24.9 Å². The lowest BCUT2D eigenvalue weighted by Gasteiger charge is -2.02. The number of H-pyrrole nitrogens is 1. The number of fused-ring (bicyclic) bond motifs is 1. The molecule has 0 amide bonds. The predicted molar refractivity (Wildman–Crippen MR) is 92.6 cm³/mol. The van der Waals surface area contributed by atoms with Crippen LogP contribution in [0.2, 0.25) is 0 Å². The van der Waals surface area contributed by atoms with Gasteiger partial charge in [0.25, 0.3) is 16.9 Å². The molecular formula is C16H10N4O6. The highest BCUT2D eigenvalue weighted by Gasteiger charge is 2.12. The largest absolute Gasteiger partial charge is 0.507 e. The summed E-state index contributed by atoms with van der Waals surface area (Å²) in [6.45, 7) is 0.